The lowest BCUT2D eigenvalue weighted by molar-refractivity contribution is -0.116. The third kappa shape index (κ3) is 4.66. The molecule has 1 N–H and O–H groups in total. The molecule has 1 saturated heterocycles. The van der Waals surface area contributed by atoms with Crippen LogP contribution >= 0.6 is 11.6 Å². The molecule has 8 nitrogen and oxygen atoms in total. The number of para-hydroxylation sites is 1. The van der Waals surface area contributed by atoms with Crippen LogP contribution in [0.5, 0.6) is 0 Å². The van der Waals surface area contributed by atoms with E-state index in [4.69, 9.17) is 16.3 Å². The van der Waals surface area contributed by atoms with Gasteiger partial charge < -0.3 is 14.6 Å². The lowest BCUT2D eigenvalue weighted by atomic mass is 10.2. The number of carbonyl (C=O) groups is 1. The Hall–Kier alpha value is -2.46. The van der Waals surface area contributed by atoms with Crippen LogP contribution in [0.2, 0.25) is 5.02 Å². The molecule has 3 aromatic rings. The molecule has 0 unspecified atom stereocenters. The van der Waals surface area contributed by atoms with E-state index in [1.165, 1.54) is 4.31 Å². The van der Waals surface area contributed by atoms with Crippen LogP contribution in [-0.4, -0.2) is 54.5 Å². The fourth-order valence-corrected chi connectivity index (χ4v) is 5.41. The molecular formula is C22H25ClN4O4S. The minimum atomic E-state index is -3.60. The lowest BCUT2D eigenvalue weighted by Crippen LogP contribution is -2.40. The number of rotatable bonds is 7. The fourth-order valence-electron chi connectivity index (χ4n) is 3.80. The maximum absolute atomic E-state index is 13.0. The van der Waals surface area contributed by atoms with Crippen molar-refractivity contribution in [3.8, 4) is 0 Å². The van der Waals surface area contributed by atoms with Crippen molar-refractivity contribution >= 4 is 44.3 Å². The van der Waals surface area contributed by atoms with Gasteiger partial charge in [-0.15, -0.1) is 0 Å². The standard InChI is InChI=1S/C22H25ClN4O4S/c1-2-27-20-8-7-16(32(29,30)26-11-13-31-14-12-26)15-19(20)24-21(27)9-10-22(28)25-18-6-4-3-5-17(18)23/h3-8,15H,2,9-14H2,1H3,(H,25,28). The van der Waals surface area contributed by atoms with E-state index in [0.717, 1.165) is 11.3 Å². The van der Waals surface area contributed by atoms with Crippen molar-refractivity contribution in [2.75, 3.05) is 31.6 Å². The summed E-state index contributed by atoms with van der Waals surface area (Å²) in [7, 11) is -3.60. The molecule has 0 saturated carbocycles. The quantitative estimate of drug-likeness (QED) is 0.564. The van der Waals surface area contributed by atoms with E-state index in [1.807, 2.05) is 11.5 Å². The summed E-state index contributed by atoms with van der Waals surface area (Å²) in [6.07, 6.45) is 0.651. The molecule has 1 fully saturated rings. The summed E-state index contributed by atoms with van der Waals surface area (Å²) in [5.41, 5.74) is 2.01. The molecule has 0 atom stereocenters. The van der Waals surface area contributed by atoms with Crippen LogP contribution < -0.4 is 5.32 Å². The van der Waals surface area contributed by atoms with E-state index < -0.39 is 10.0 Å². The molecule has 10 heteroatoms. The molecule has 0 radical (unpaired) electrons. The monoisotopic (exact) mass is 476 g/mol. The third-order valence-electron chi connectivity index (χ3n) is 5.45. The van der Waals surface area contributed by atoms with E-state index in [1.54, 1.807) is 42.5 Å². The van der Waals surface area contributed by atoms with Gasteiger partial charge in [0.25, 0.3) is 0 Å². The number of nitrogens with one attached hydrogen (secondary N) is 1. The van der Waals surface area contributed by atoms with Crippen LogP contribution in [0, 0.1) is 0 Å². The summed E-state index contributed by atoms with van der Waals surface area (Å²) in [5, 5.41) is 3.30. The van der Waals surface area contributed by atoms with Crippen LogP contribution in [0.25, 0.3) is 11.0 Å². The Balaban J connectivity index is 1.53. The van der Waals surface area contributed by atoms with Crippen molar-refractivity contribution in [3.05, 3.63) is 53.3 Å². The molecule has 1 amide bonds. The van der Waals surface area contributed by atoms with E-state index in [-0.39, 0.29) is 17.2 Å². The van der Waals surface area contributed by atoms with Gasteiger partial charge >= 0.3 is 0 Å². The highest BCUT2D eigenvalue weighted by atomic mass is 35.5. The topological polar surface area (TPSA) is 93.5 Å². The van der Waals surface area contributed by atoms with Gasteiger partial charge in [-0.3, -0.25) is 4.79 Å². The van der Waals surface area contributed by atoms with Crippen LogP contribution in [0.1, 0.15) is 19.2 Å². The highest BCUT2D eigenvalue weighted by Crippen LogP contribution is 2.25. The van der Waals surface area contributed by atoms with Gasteiger partial charge in [0.1, 0.15) is 5.82 Å². The van der Waals surface area contributed by atoms with E-state index in [2.05, 4.69) is 10.3 Å². The second-order valence-corrected chi connectivity index (χ2v) is 9.81. The zero-order valence-corrected chi connectivity index (χ0v) is 19.3. The zero-order chi connectivity index (χ0) is 22.7. The maximum atomic E-state index is 13.0. The number of imidazole rings is 1. The van der Waals surface area contributed by atoms with Crippen molar-refractivity contribution in [2.24, 2.45) is 0 Å². The Morgan fingerprint density at radius 2 is 1.94 bits per heavy atom. The van der Waals surface area contributed by atoms with E-state index in [9.17, 15) is 13.2 Å². The number of aromatic nitrogens is 2. The molecule has 1 aliphatic rings. The number of anilines is 1. The Kier molecular flexibility index (Phi) is 6.80. The summed E-state index contributed by atoms with van der Waals surface area (Å²) in [4.78, 5) is 17.3. The second kappa shape index (κ2) is 9.58. The minimum absolute atomic E-state index is 0.164. The van der Waals surface area contributed by atoms with Gasteiger partial charge in [-0.05, 0) is 37.3 Å². The van der Waals surface area contributed by atoms with Crippen LogP contribution in [0.15, 0.2) is 47.4 Å². The predicted molar refractivity (Wildman–Crippen MR) is 123 cm³/mol. The molecule has 0 spiro atoms. The van der Waals surface area contributed by atoms with Gasteiger partial charge in [-0.1, -0.05) is 23.7 Å². The summed E-state index contributed by atoms with van der Waals surface area (Å²) in [5.74, 6) is 0.570. The largest absolute Gasteiger partial charge is 0.379 e. The van der Waals surface area contributed by atoms with Crippen molar-refractivity contribution in [1.29, 1.82) is 0 Å². The van der Waals surface area contributed by atoms with Gasteiger partial charge in [0, 0.05) is 32.5 Å². The molecule has 0 aliphatic carbocycles. The van der Waals surface area contributed by atoms with E-state index >= 15 is 0 Å². The number of hydrogen-bond acceptors (Lipinski definition) is 5. The number of morpholine rings is 1. The number of carbonyl (C=O) groups excluding carboxylic acids is 1. The first-order chi connectivity index (χ1) is 15.4. The molecule has 0 bridgehead atoms. The van der Waals surface area contributed by atoms with E-state index in [0.29, 0.717) is 55.5 Å². The lowest BCUT2D eigenvalue weighted by Gasteiger charge is -2.26. The van der Waals surface area contributed by atoms with Gasteiger partial charge in [0.05, 0.1) is 39.9 Å². The summed E-state index contributed by atoms with van der Waals surface area (Å²) < 4.78 is 34.7. The minimum Gasteiger partial charge on any atom is -0.379 e. The van der Waals surface area contributed by atoms with Gasteiger partial charge in [0.15, 0.2) is 0 Å². The van der Waals surface area contributed by atoms with Gasteiger partial charge in [-0.2, -0.15) is 4.31 Å². The number of hydrogen-bond donors (Lipinski definition) is 1. The first kappa shape index (κ1) is 22.7. The van der Waals surface area contributed by atoms with Crippen molar-refractivity contribution in [2.45, 2.75) is 31.2 Å². The smallest absolute Gasteiger partial charge is 0.243 e. The maximum Gasteiger partial charge on any atom is 0.243 e. The SMILES string of the molecule is CCn1c(CCC(=O)Nc2ccccc2Cl)nc2cc(S(=O)(=O)N3CCOCC3)ccc21. The number of sulfonamides is 1. The summed E-state index contributed by atoms with van der Waals surface area (Å²) >= 11 is 6.10. The highest BCUT2D eigenvalue weighted by molar-refractivity contribution is 7.89. The normalized spacial score (nSPS) is 15.2. The Bertz CT molecular complexity index is 1240. The molecule has 2 aromatic carbocycles. The predicted octanol–water partition coefficient (Wildman–Crippen LogP) is 3.30. The molecular weight excluding hydrogens is 452 g/mol. The number of nitrogens with zero attached hydrogens (tertiary/aromatic N) is 3. The number of benzene rings is 2. The average molecular weight is 477 g/mol. The summed E-state index contributed by atoms with van der Waals surface area (Å²) in [6, 6.07) is 12.1. The van der Waals surface area contributed by atoms with Crippen molar-refractivity contribution < 1.29 is 17.9 Å². The van der Waals surface area contributed by atoms with Crippen molar-refractivity contribution in [1.82, 2.24) is 13.9 Å². The highest BCUT2D eigenvalue weighted by Gasteiger charge is 2.27. The third-order valence-corrected chi connectivity index (χ3v) is 7.67. The molecule has 170 valence electrons. The first-order valence-corrected chi connectivity index (χ1v) is 12.3. The Labute approximate surface area is 192 Å². The number of amides is 1. The molecule has 1 aliphatic heterocycles. The molecule has 2 heterocycles. The second-order valence-electron chi connectivity index (χ2n) is 7.47. The molecule has 1 aromatic heterocycles. The van der Waals surface area contributed by atoms with Crippen LogP contribution in [0.3, 0.4) is 0 Å². The van der Waals surface area contributed by atoms with Crippen molar-refractivity contribution in [3.63, 3.8) is 0 Å². The molecule has 4 rings (SSSR count). The van der Waals surface area contributed by atoms with Crippen LogP contribution in [0.4, 0.5) is 5.69 Å². The first-order valence-electron chi connectivity index (χ1n) is 10.5. The van der Waals surface area contributed by atoms with Gasteiger partial charge in [-0.25, -0.2) is 13.4 Å². The zero-order valence-electron chi connectivity index (χ0n) is 17.8. The summed E-state index contributed by atoms with van der Waals surface area (Å²) in [6.45, 7) is 4.13. The Morgan fingerprint density at radius 1 is 1.19 bits per heavy atom. The number of ether oxygens (including phenoxy) is 1. The number of halogens is 1. The Morgan fingerprint density at radius 3 is 2.66 bits per heavy atom. The van der Waals surface area contributed by atoms with Gasteiger partial charge in [0.2, 0.25) is 15.9 Å². The molecule has 32 heavy (non-hydrogen) atoms. The fraction of sp³-hybridized carbons (Fsp3) is 0.364. The van der Waals surface area contributed by atoms with Crippen LogP contribution in [-0.2, 0) is 32.5 Å². The number of fused-ring (bicyclic) bond motifs is 1. The number of aryl methyl sites for hydroxylation is 2. The average Bonchev–Trinajstić information content (AvgIpc) is 3.16.